The number of fused-ring (bicyclic) bond motifs is 1. The second kappa shape index (κ2) is 8.76. The number of anilines is 2. The zero-order valence-electron chi connectivity index (χ0n) is 16.2. The molecule has 0 fully saturated rings. The van der Waals surface area contributed by atoms with Crippen molar-refractivity contribution in [1.82, 2.24) is 0 Å². The minimum atomic E-state index is -0.529. The van der Waals surface area contributed by atoms with Crippen LogP contribution in [0.3, 0.4) is 0 Å². The number of amides is 2. The van der Waals surface area contributed by atoms with Crippen molar-refractivity contribution >= 4 is 34.8 Å². The molecular weight excluding hydrogens is 374 g/mol. The summed E-state index contributed by atoms with van der Waals surface area (Å²) >= 11 is 5.95. The number of hydrogen-bond acceptors (Lipinski definition) is 3. The van der Waals surface area contributed by atoms with Gasteiger partial charge in [0.25, 0.3) is 0 Å². The van der Waals surface area contributed by atoms with Gasteiger partial charge in [0.15, 0.2) is 0 Å². The highest BCUT2D eigenvalue weighted by Gasteiger charge is 2.25. The Morgan fingerprint density at radius 3 is 2.57 bits per heavy atom. The van der Waals surface area contributed by atoms with E-state index in [-0.39, 0.29) is 11.8 Å². The summed E-state index contributed by atoms with van der Waals surface area (Å²) in [5.74, 6) is 0.272. The normalized spacial score (nSPS) is 14.8. The molecule has 2 aromatic rings. The highest BCUT2D eigenvalue weighted by molar-refractivity contribution is 6.30. The first-order valence-corrected chi connectivity index (χ1v) is 9.95. The van der Waals surface area contributed by atoms with Gasteiger partial charge < -0.3 is 16.0 Å². The summed E-state index contributed by atoms with van der Waals surface area (Å²) < 4.78 is 0. The molecule has 6 heteroatoms. The quantitative estimate of drug-likeness (QED) is 0.766. The first-order valence-electron chi connectivity index (χ1n) is 9.57. The lowest BCUT2D eigenvalue weighted by molar-refractivity contribution is -0.119. The van der Waals surface area contributed by atoms with Gasteiger partial charge in [0.1, 0.15) is 0 Å². The van der Waals surface area contributed by atoms with Gasteiger partial charge in [0.05, 0.1) is 12.6 Å². The van der Waals surface area contributed by atoms with Crippen LogP contribution < -0.4 is 16.0 Å². The van der Waals surface area contributed by atoms with E-state index >= 15 is 0 Å². The van der Waals surface area contributed by atoms with Gasteiger partial charge in [0.2, 0.25) is 11.8 Å². The molecule has 0 aliphatic carbocycles. The Balaban J connectivity index is 1.76. The highest BCUT2D eigenvalue weighted by Crippen LogP contribution is 2.31. The van der Waals surface area contributed by atoms with Crippen LogP contribution in [0.5, 0.6) is 0 Å². The number of halogens is 1. The summed E-state index contributed by atoms with van der Waals surface area (Å²) in [6, 6.07) is 12.6. The zero-order valence-corrected chi connectivity index (χ0v) is 17.0. The molecule has 0 aromatic heterocycles. The Bertz CT molecular complexity index is 865. The Morgan fingerprint density at radius 1 is 1.18 bits per heavy atom. The number of benzene rings is 2. The fraction of sp³-hybridized carbons (Fsp3) is 0.364. The number of carbonyl (C=O) groups excluding carboxylic acids is 2. The molecule has 5 nitrogen and oxygen atoms in total. The van der Waals surface area contributed by atoms with Gasteiger partial charge in [-0.25, -0.2) is 0 Å². The third-order valence-corrected chi connectivity index (χ3v) is 5.12. The van der Waals surface area contributed by atoms with E-state index in [0.29, 0.717) is 42.4 Å². The number of aryl methyl sites for hydroxylation is 1. The van der Waals surface area contributed by atoms with Crippen LogP contribution in [0.4, 0.5) is 11.4 Å². The van der Waals surface area contributed by atoms with E-state index in [1.807, 2.05) is 56.3 Å². The summed E-state index contributed by atoms with van der Waals surface area (Å²) in [6.07, 6.45) is 1.75. The van der Waals surface area contributed by atoms with E-state index in [4.69, 9.17) is 17.3 Å². The predicted octanol–water partition coefficient (Wildman–Crippen LogP) is 4.13. The zero-order chi connectivity index (χ0) is 20.3. The summed E-state index contributed by atoms with van der Waals surface area (Å²) in [4.78, 5) is 26.6. The fourth-order valence-corrected chi connectivity index (χ4v) is 3.56. The maximum absolute atomic E-state index is 12.5. The molecular formula is C22H26ClN3O2. The Morgan fingerprint density at radius 2 is 1.89 bits per heavy atom. The summed E-state index contributed by atoms with van der Waals surface area (Å²) in [6.45, 7) is 4.57. The third-order valence-electron chi connectivity index (χ3n) is 4.86. The fourth-order valence-electron chi connectivity index (χ4n) is 3.43. The smallest absolute Gasteiger partial charge is 0.241 e. The van der Waals surface area contributed by atoms with Crippen molar-refractivity contribution in [3.05, 3.63) is 58.6 Å². The third kappa shape index (κ3) is 4.91. The molecule has 0 radical (unpaired) electrons. The maximum Gasteiger partial charge on any atom is 0.241 e. The molecule has 148 valence electrons. The van der Waals surface area contributed by atoms with Crippen LogP contribution in [0.1, 0.15) is 37.8 Å². The summed E-state index contributed by atoms with van der Waals surface area (Å²) in [5.41, 5.74) is 9.62. The van der Waals surface area contributed by atoms with Crippen molar-refractivity contribution < 1.29 is 9.59 Å². The largest absolute Gasteiger partial charge is 0.325 e. The van der Waals surface area contributed by atoms with Crippen molar-refractivity contribution in [1.29, 1.82) is 0 Å². The molecule has 0 bridgehead atoms. The maximum atomic E-state index is 12.5. The molecule has 2 aromatic carbocycles. The number of nitrogens with zero attached hydrogens (tertiary/aromatic N) is 1. The monoisotopic (exact) mass is 399 g/mol. The number of hydrogen-bond donors (Lipinski definition) is 2. The lowest BCUT2D eigenvalue weighted by Crippen LogP contribution is -2.37. The van der Waals surface area contributed by atoms with Crippen LogP contribution in [0.2, 0.25) is 5.02 Å². The van der Waals surface area contributed by atoms with E-state index in [1.54, 1.807) is 4.90 Å². The molecule has 1 aliphatic rings. The predicted molar refractivity (Wildman–Crippen MR) is 113 cm³/mol. The molecule has 3 N–H and O–H groups in total. The van der Waals surface area contributed by atoms with Crippen molar-refractivity contribution in [2.24, 2.45) is 11.7 Å². The van der Waals surface area contributed by atoms with Crippen LogP contribution in [-0.4, -0.2) is 17.9 Å². The summed E-state index contributed by atoms with van der Waals surface area (Å²) in [7, 11) is 0. The van der Waals surface area contributed by atoms with Gasteiger partial charge in [-0.15, -0.1) is 0 Å². The average Bonchev–Trinajstić information content (AvgIpc) is 2.65. The first kappa shape index (κ1) is 20.4. The molecule has 2 amide bonds. The molecule has 28 heavy (non-hydrogen) atoms. The highest BCUT2D eigenvalue weighted by atomic mass is 35.5. The van der Waals surface area contributed by atoms with E-state index in [0.717, 1.165) is 16.8 Å². The van der Waals surface area contributed by atoms with E-state index in [1.165, 1.54) is 0 Å². The van der Waals surface area contributed by atoms with Gasteiger partial charge in [0, 0.05) is 22.8 Å². The van der Waals surface area contributed by atoms with Crippen LogP contribution >= 0.6 is 11.6 Å². The van der Waals surface area contributed by atoms with Gasteiger partial charge in [-0.1, -0.05) is 37.6 Å². The molecule has 1 heterocycles. The van der Waals surface area contributed by atoms with Gasteiger partial charge >= 0.3 is 0 Å². The molecule has 1 atom stereocenters. The van der Waals surface area contributed by atoms with Crippen molar-refractivity contribution in [2.75, 3.05) is 10.2 Å². The Kier molecular flexibility index (Phi) is 6.37. The molecule has 3 rings (SSSR count). The summed E-state index contributed by atoms with van der Waals surface area (Å²) in [5, 5.41) is 3.57. The van der Waals surface area contributed by atoms with Gasteiger partial charge in [-0.05, 0) is 60.2 Å². The van der Waals surface area contributed by atoms with Gasteiger partial charge in [-0.3, -0.25) is 9.59 Å². The standard InChI is InChI=1S/C22H26ClN3O2/c1-14(2)11-19(24)22(28)25-18-8-9-20-16(12-18)5-10-21(27)26(20)13-15-3-6-17(23)7-4-15/h3-4,6-9,12,14,19H,5,10-11,13,24H2,1-2H3,(H,25,28)/t19-/m0/s1. The minimum absolute atomic E-state index is 0.0955. The Hall–Kier alpha value is -2.37. The number of nitrogens with two attached hydrogens (primary N) is 1. The van der Waals surface area contributed by atoms with E-state index in [9.17, 15) is 9.59 Å². The number of rotatable bonds is 6. The Labute approximate surface area is 170 Å². The molecule has 0 unspecified atom stereocenters. The van der Waals surface area contributed by atoms with Gasteiger partial charge in [-0.2, -0.15) is 0 Å². The SMILES string of the molecule is CC(C)C[C@H](N)C(=O)Nc1ccc2c(c1)CCC(=O)N2Cc1ccc(Cl)cc1. The second-order valence-corrected chi connectivity index (χ2v) is 8.11. The number of carbonyl (C=O) groups is 2. The van der Waals surface area contributed by atoms with Crippen LogP contribution in [0.15, 0.2) is 42.5 Å². The van der Waals surface area contributed by atoms with Crippen molar-refractivity contribution in [2.45, 2.75) is 45.7 Å². The lowest BCUT2D eigenvalue weighted by Gasteiger charge is -2.30. The van der Waals surface area contributed by atoms with E-state index < -0.39 is 6.04 Å². The number of nitrogens with one attached hydrogen (secondary N) is 1. The first-order chi connectivity index (χ1) is 13.3. The molecule has 0 spiro atoms. The second-order valence-electron chi connectivity index (χ2n) is 7.68. The lowest BCUT2D eigenvalue weighted by atomic mass is 9.99. The topological polar surface area (TPSA) is 75.4 Å². The molecule has 0 saturated heterocycles. The van der Waals surface area contributed by atoms with Crippen LogP contribution in [-0.2, 0) is 22.6 Å². The molecule has 0 saturated carbocycles. The van der Waals surface area contributed by atoms with E-state index in [2.05, 4.69) is 5.32 Å². The van der Waals surface area contributed by atoms with Crippen molar-refractivity contribution in [3.63, 3.8) is 0 Å². The van der Waals surface area contributed by atoms with Crippen molar-refractivity contribution in [3.8, 4) is 0 Å². The van der Waals surface area contributed by atoms with Crippen LogP contribution in [0.25, 0.3) is 0 Å². The minimum Gasteiger partial charge on any atom is -0.325 e. The van der Waals surface area contributed by atoms with Crippen LogP contribution in [0, 0.1) is 5.92 Å². The average molecular weight is 400 g/mol. The molecule has 1 aliphatic heterocycles.